The highest BCUT2D eigenvalue weighted by Gasteiger charge is 2.25. The summed E-state index contributed by atoms with van der Waals surface area (Å²) < 4.78 is 28.0. The standard InChI is InChI=1S/C22H19ClN2O3S/c23-18-9-11-19(12-10-18)29(27,28)24-21-8-4-3-7-20(21)22(26)25-14-13-16-5-1-2-6-17(16)15-25/h1-12,24H,13-15H2. The molecule has 0 fully saturated rings. The molecule has 3 aromatic carbocycles. The highest BCUT2D eigenvalue weighted by Crippen LogP contribution is 2.25. The molecule has 29 heavy (non-hydrogen) atoms. The van der Waals surface area contributed by atoms with Gasteiger partial charge in [-0.25, -0.2) is 8.42 Å². The first-order valence-electron chi connectivity index (χ1n) is 9.17. The summed E-state index contributed by atoms with van der Waals surface area (Å²) in [6, 6.07) is 20.6. The van der Waals surface area contributed by atoms with Crippen LogP contribution in [0.4, 0.5) is 5.69 Å². The Hall–Kier alpha value is -2.83. The van der Waals surface area contributed by atoms with Gasteiger partial charge in [-0.05, 0) is 53.9 Å². The molecule has 0 aliphatic carbocycles. The average molecular weight is 427 g/mol. The minimum Gasteiger partial charge on any atom is -0.334 e. The topological polar surface area (TPSA) is 66.5 Å². The molecule has 0 saturated heterocycles. The lowest BCUT2D eigenvalue weighted by molar-refractivity contribution is 0.0736. The molecule has 0 spiro atoms. The Morgan fingerprint density at radius 3 is 2.31 bits per heavy atom. The van der Waals surface area contributed by atoms with E-state index in [1.54, 1.807) is 29.2 Å². The molecule has 0 unspecified atom stereocenters. The van der Waals surface area contributed by atoms with Crippen molar-refractivity contribution in [3.63, 3.8) is 0 Å². The van der Waals surface area contributed by atoms with Gasteiger partial charge in [0.25, 0.3) is 15.9 Å². The number of para-hydroxylation sites is 1. The zero-order chi connectivity index (χ0) is 20.4. The van der Waals surface area contributed by atoms with Crippen molar-refractivity contribution in [1.29, 1.82) is 0 Å². The number of benzene rings is 3. The van der Waals surface area contributed by atoms with E-state index in [0.29, 0.717) is 23.7 Å². The first kappa shape index (κ1) is 19.5. The number of halogens is 1. The van der Waals surface area contributed by atoms with Crippen LogP contribution in [0.1, 0.15) is 21.5 Å². The summed E-state index contributed by atoms with van der Waals surface area (Å²) in [6.07, 6.45) is 0.778. The smallest absolute Gasteiger partial charge is 0.261 e. The third-order valence-corrected chi connectivity index (χ3v) is 6.58. The molecule has 0 aromatic heterocycles. The maximum Gasteiger partial charge on any atom is 0.261 e. The van der Waals surface area contributed by atoms with Crippen LogP contribution in [0.25, 0.3) is 0 Å². The van der Waals surface area contributed by atoms with Crippen molar-refractivity contribution in [3.05, 3.63) is 94.5 Å². The molecule has 0 atom stereocenters. The van der Waals surface area contributed by atoms with Crippen LogP contribution >= 0.6 is 11.6 Å². The van der Waals surface area contributed by atoms with E-state index in [2.05, 4.69) is 10.8 Å². The maximum atomic E-state index is 13.2. The monoisotopic (exact) mass is 426 g/mol. The van der Waals surface area contributed by atoms with Crippen LogP contribution in [0, 0.1) is 0 Å². The number of hydrogen-bond donors (Lipinski definition) is 1. The largest absolute Gasteiger partial charge is 0.334 e. The Bertz CT molecular complexity index is 1160. The van der Waals surface area contributed by atoms with Gasteiger partial charge < -0.3 is 4.90 Å². The maximum absolute atomic E-state index is 13.2. The van der Waals surface area contributed by atoms with Crippen molar-refractivity contribution in [1.82, 2.24) is 4.90 Å². The highest BCUT2D eigenvalue weighted by atomic mass is 35.5. The number of carbonyl (C=O) groups is 1. The molecular weight excluding hydrogens is 408 g/mol. The van der Waals surface area contributed by atoms with Gasteiger partial charge >= 0.3 is 0 Å². The first-order chi connectivity index (χ1) is 13.9. The number of fused-ring (bicyclic) bond motifs is 1. The number of anilines is 1. The third-order valence-electron chi connectivity index (χ3n) is 4.94. The second-order valence-corrected chi connectivity index (χ2v) is 8.97. The fourth-order valence-electron chi connectivity index (χ4n) is 3.42. The van der Waals surface area contributed by atoms with Crippen LogP contribution in [0.15, 0.2) is 77.7 Å². The van der Waals surface area contributed by atoms with Crippen molar-refractivity contribution in [2.45, 2.75) is 17.9 Å². The van der Waals surface area contributed by atoms with Crippen molar-refractivity contribution in [2.75, 3.05) is 11.3 Å². The summed E-state index contributed by atoms with van der Waals surface area (Å²) in [7, 11) is -3.84. The van der Waals surface area contributed by atoms with Crippen molar-refractivity contribution >= 4 is 33.2 Å². The van der Waals surface area contributed by atoms with Gasteiger partial charge in [0.15, 0.2) is 0 Å². The number of hydrogen-bond acceptors (Lipinski definition) is 3. The van der Waals surface area contributed by atoms with Crippen molar-refractivity contribution < 1.29 is 13.2 Å². The summed E-state index contributed by atoms with van der Waals surface area (Å²) in [4.78, 5) is 15.0. The Balaban J connectivity index is 1.60. The number of carbonyl (C=O) groups excluding carboxylic acids is 1. The number of nitrogens with one attached hydrogen (secondary N) is 1. The third kappa shape index (κ3) is 4.13. The molecule has 148 valence electrons. The van der Waals surface area contributed by atoms with E-state index in [1.165, 1.54) is 29.8 Å². The molecule has 1 N–H and O–H groups in total. The fraction of sp³-hybridized carbons (Fsp3) is 0.136. The zero-order valence-corrected chi connectivity index (χ0v) is 17.1. The predicted octanol–water partition coefficient (Wildman–Crippen LogP) is 4.34. The van der Waals surface area contributed by atoms with Crippen LogP contribution in [0.5, 0.6) is 0 Å². The van der Waals surface area contributed by atoms with Gasteiger partial charge in [-0.15, -0.1) is 0 Å². The van der Waals surface area contributed by atoms with E-state index in [4.69, 9.17) is 11.6 Å². The molecule has 1 amide bonds. The molecule has 1 heterocycles. The minimum absolute atomic E-state index is 0.0797. The van der Waals surface area contributed by atoms with Crippen LogP contribution < -0.4 is 4.72 Å². The molecule has 0 radical (unpaired) electrons. The average Bonchev–Trinajstić information content (AvgIpc) is 2.73. The number of rotatable bonds is 4. The van der Waals surface area contributed by atoms with E-state index in [1.807, 2.05) is 18.2 Å². The van der Waals surface area contributed by atoms with Gasteiger partial charge in [0.05, 0.1) is 16.1 Å². The molecule has 1 aliphatic rings. The van der Waals surface area contributed by atoms with Gasteiger partial charge in [-0.3, -0.25) is 9.52 Å². The summed E-state index contributed by atoms with van der Waals surface area (Å²) in [5, 5.41) is 0.449. The lowest BCUT2D eigenvalue weighted by Gasteiger charge is -2.29. The van der Waals surface area contributed by atoms with Gasteiger partial charge in [0.1, 0.15) is 0 Å². The molecular formula is C22H19ClN2O3S. The highest BCUT2D eigenvalue weighted by molar-refractivity contribution is 7.92. The molecule has 0 bridgehead atoms. The van der Waals surface area contributed by atoms with Crippen molar-refractivity contribution in [3.8, 4) is 0 Å². The van der Waals surface area contributed by atoms with E-state index >= 15 is 0 Å². The van der Waals surface area contributed by atoms with Crippen LogP contribution in [0.3, 0.4) is 0 Å². The van der Waals surface area contributed by atoms with E-state index in [9.17, 15) is 13.2 Å². The molecule has 4 rings (SSSR count). The molecule has 1 aliphatic heterocycles. The SMILES string of the molecule is O=C(c1ccccc1NS(=O)(=O)c1ccc(Cl)cc1)N1CCc2ccccc2C1. The van der Waals surface area contributed by atoms with Crippen LogP contribution in [0.2, 0.25) is 5.02 Å². The molecule has 3 aromatic rings. The normalized spacial score (nSPS) is 13.6. The predicted molar refractivity (Wildman–Crippen MR) is 114 cm³/mol. The van der Waals surface area contributed by atoms with Gasteiger partial charge in [0.2, 0.25) is 0 Å². The van der Waals surface area contributed by atoms with E-state index < -0.39 is 10.0 Å². The summed E-state index contributed by atoms with van der Waals surface area (Å²) in [6.45, 7) is 1.10. The number of amides is 1. The van der Waals surface area contributed by atoms with Gasteiger partial charge in [-0.1, -0.05) is 48.0 Å². The van der Waals surface area contributed by atoms with E-state index in [-0.39, 0.29) is 16.5 Å². The second-order valence-electron chi connectivity index (χ2n) is 6.85. The van der Waals surface area contributed by atoms with Gasteiger partial charge in [-0.2, -0.15) is 0 Å². The summed E-state index contributed by atoms with van der Waals surface area (Å²) in [5.41, 5.74) is 2.94. The molecule has 5 nitrogen and oxygen atoms in total. The first-order valence-corrected chi connectivity index (χ1v) is 11.0. The molecule has 7 heteroatoms. The summed E-state index contributed by atoms with van der Waals surface area (Å²) >= 11 is 5.85. The number of nitrogens with zero attached hydrogens (tertiary/aromatic N) is 1. The quantitative estimate of drug-likeness (QED) is 0.674. The Kier molecular flexibility index (Phi) is 5.30. The van der Waals surface area contributed by atoms with Crippen molar-refractivity contribution in [2.24, 2.45) is 0 Å². The minimum atomic E-state index is -3.84. The van der Waals surface area contributed by atoms with Crippen LogP contribution in [-0.4, -0.2) is 25.8 Å². The summed E-state index contributed by atoms with van der Waals surface area (Å²) in [5.74, 6) is -0.200. The van der Waals surface area contributed by atoms with Crippen LogP contribution in [-0.2, 0) is 23.0 Å². The van der Waals surface area contributed by atoms with Gasteiger partial charge in [0, 0.05) is 18.1 Å². The second kappa shape index (κ2) is 7.89. The fourth-order valence-corrected chi connectivity index (χ4v) is 4.62. The lowest BCUT2D eigenvalue weighted by Crippen LogP contribution is -2.36. The Morgan fingerprint density at radius 2 is 1.55 bits per heavy atom. The zero-order valence-electron chi connectivity index (χ0n) is 15.5. The number of sulfonamides is 1. The Labute approximate surface area is 175 Å². The Morgan fingerprint density at radius 1 is 0.897 bits per heavy atom. The van der Waals surface area contributed by atoms with E-state index in [0.717, 1.165) is 12.0 Å². The molecule has 0 saturated carbocycles. The lowest BCUT2D eigenvalue weighted by atomic mass is 9.99.